The van der Waals surface area contributed by atoms with Crippen LogP contribution in [-0.2, 0) is 10.1 Å². The Bertz CT molecular complexity index is 454. The van der Waals surface area contributed by atoms with Gasteiger partial charge in [-0.1, -0.05) is 15.9 Å². The first-order valence-electron chi connectivity index (χ1n) is 4.59. The minimum absolute atomic E-state index is 0.0561. The Morgan fingerprint density at radius 1 is 1.62 bits per heavy atom. The van der Waals surface area contributed by atoms with Crippen molar-refractivity contribution in [2.45, 2.75) is 12.3 Å². The molecule has 0 atom stereocenters. The number of ether oxygens (including phenoxy) is 1. The molecule has 0 aliphatic carbocycles. The van der Waals surface area contributed by atoms with Crippen LogP contribution in [0, 0.1) is 17.1 Å². The Kier molecular flexibility index (Phi) is 4.44. The molecule has 1 rings (SSSR count). The van der Waals surface area contributed by atoms with Crippen molar-refractivity contribution in [1.29, 1.82) is 5.26 Å². The second-order valence-electron chi connectivity index (χ2n) is 2.95. The van der Waals surface area contributed by atoms with Crippen LogP contribution in [0.25, 0.3) is 0 Å². The topological polar surface area (TPSA) is 50.1 Å². The monoisotopic (exact) mass is 285 g/mol. The van der Waals surface area contributed by atoms with Crippen molar-refractivity contribution in [3.63, 3.8) is 0 Å². The summed E-state index contributed by atoms with van der Waals surface area (Å²) < 4.78 is 18.2. The third-order valence-corrected chi connectivity index (χ3v) is 2.52. The van der Waals surface area contributed by atoms with Crippen LogP contribution in [0.4, 0.5) is 4.39 Å². The SMILES string of the molecule is CCOC(=O)c1cc(F)c(CBr)c(C#N)c1. The summed E-state index contributed by atoms with van der Waals surface area (Å²) >= 11 is 3.09. The summed E-state index contributed by atoms with van der Waals surface area (Å²) in [6.45, 7) is 1.87. The molecule has 1 aromatic rings. The van der Waals surface area contributed by atoms with E-state index in [1.807, 2.05) is 6.07 Å². The molecule has 0 unspecified atom stereocenters. The highest BCUT2D eigenvalue weighted by molar-refractivity contribution is 9.08. The summed E-state index contributed by atoms with van der Waals surface area (Å²) in [5.74, 6) is -1.21. The normalized spacial score (nSPS) is 9.62. The minimum atomic E-state index is -0.626. The molecule has 0 aromatic heterocycles. The van der Waals surface area contributed by atoms with Crippen molar-refractivity contribution in [2.24, 2.45) is 0 Å². The van der Waals surface area contributed by atoms with Gasteiger partial charge in [0.05, 0.1) is 23.8 Å². The van der Waals surface area contributed by atoms with Crippen LogP contribution < -0.4 is 0 Å². The number of carbonyl (C=O) groups is 1. The van der Waals surface area contributed by atoms with E-state index >= 15 is 0 Å². The van der Waals surface area contributed by atoms with Crippen molar-refractivity contribution in [3.8, 4) is 6.07 Å². The summed E-state index contributed by atoms with van der Waals surface area (Å²) in [4.78, 5) is 11.4. The first-order valence-corrected chi connectivity index (χ1v) is 5.71. The first-order chi connectivity index (χ1) is 7.63. The van der Waals surface area contributed by atoms with E-state index in [1.165, 1.54) is 6.07 Å². The molecule has 0 bridgehead atoms. The molecule has 0 fully saturated rings. The maximum atomic E-state index is 13.5. The fourth-order valence-corrected chi connectivity index (χ4v) is 1.77. The molecule has 84 valence electrons. The molecule has 0 amide bonds. The number of nitriles is 1. The zero-order valence-corrected chi connectivity index (χ0v) is 10.2. The average molecular weight is 286 g/mol. The number of carbonyl (C=O) groups excluding carboxylic acids is 1. The Morgan fingerprint density at radius 2 is 2.31 bits per heavy atom. The Hall–Kier alpha value is -1.41. The quantitative estimate of drug-likeness (QED) is 0.634. The van der Waals surface area contributed by atoms with Crippen LogP contribution in [0.15, 0.2) is 12.1 Å². The summed E-state index contributed by atoms with van der Waals surface area (Å²) in [6.07, 6.45) is 0. The van der Waals surface area contributed by atoms with Gasteiger partial charge < -0.3 is 4.74 Å². The largest absolute Gasteiger partial charge is 0.462 e. The molecule has 16 heavy (non-hydrogen) atoms. The number of nitrogens with zero attached hydrogens (tertiary/aromatic N) is 1. The molecule has 5 heteroatoms. The van der Waals surface area contributed by atoms with Gasteiger partial charge in [0.1, 0.15) is 5.82 Å². The minimum Gasteiger partial charge on any atom is -0.462 e. The van der Waals surface area contributed by atoms with Crippen molar-refractivity contribution < 1.29 is 13.9 Å². The molecule has 3 nitrogen and oxygen atoms in total. The van der Waals surface area contributed by atoms with E-state index in [-0.39, 0.29) is 28.6 Å². The third kappa shape index (κ3) is 2.58. The van der Waals surface area contributed by atoms with Gasteiger partial charge in [-0.25, -0.2) is 9.18 Å². The second-order valence-corrected chi connectivity index (χ2v) is 3.51. The molecule has 0 saturated carbocycles. The second kappa shape index (κ2) is 5.61. The molecular formula is C11H9BrFNO2. The van der Waals surface area contributed by atoms with Crippen molar-refractivity contribution in [1.82, 2.24) is 0 Å². The molecular weight excluding hydrogens is 277 g/mol. The first kappa shape index (κ1) is 12.7. The molecule has 0 heterocycles. The summed E-state index contributed by atoms with van der Waals surface area (Å²) in [5.41, 5.74) is 0.441. The van der Waals surface area contributed by atoms with Crippen LogP contribution in [0.5, 0.6) is 0 Å². The molecule has 0 radical (unpaired) electrons. The maximum absolute atomic E-state index is 13.5. The summed E-state index contributed by atoms with van der Waals surface area (Å²) in [5, 5.41) is 9.05. The lowest BCUT2D eigenvalue weighted by Gasteiger charge is -2.06. The van der Waals surface area contributed by atoms with Crippen molar-refractivity contribution in [2.75, 3.05) is 6.61 Å². The van der Waals surface area contributed by atoms with Gasteiger partial charge in [-0.2, -0.15) is 5.26 Å². The zero-order chi connectivity index (χ0) is 12.1. The predicted molar refractivity (Wildman–Crippen MR) is 59.7 cm³/mol. The molecule has 0 N–H and O–H groups in total. The smallest absolute Gasteiger partial charge is 0.338 e. The number of hydrogen-bond donors (Lipinski definition) is 0. The highest BCUT2D eigenvalue weighted by atomic mass is 79.9. The number of rotatable bonds is 3. The van der Waals surface area contributed by atoms with E-state index in [2.05, 4.69) is 15.9 Å². The van der Waals surface area contributed by atoms with E-state index in [1.54, 1.807) is 6.92 Å². The summed E-state index contributed by atoms with van der Waals surface area (Å²) in [7, 11) is 0. The maximum Gasteiger partial charge on any atom is 0.338 e. The van der Waals surface area contributed by atoms with Gasteiger partial charge in [-0.3, -0.25) is 0 Å². The summed E-state index contributed by atoms with van der Waals surface area (Å²) in [6, 6.07) is 4.26. The Labute approximate surface area is 101 Å². The highest BCUT2D eigenvalue weighted by Crippen LogP contribution is 2.19. The number of alkyl halides is 1. The fourth-order valence-electron chi connectivity index (χ4n) is 1.20. The number of esters is 1. The van der Waals surface area contributed by atoms with Crippen molar-refractivity contribution >= 4 is 21.9 Å². The fraction of sp³-hybridized carbons (Fsp3) is 0.273. The van der Waals surface area contributed by atoms with Gasteiger partial charge in [-0.15, -0.1) is 0 Å². The van der Waals surface area contributed by atoms with E-state index in [9.17, 15) is 9.18 Å². The van der Waals surface area contributed by atoms with Crippen LogP contribution >= 0.6 is 15.9 Å². The van der Waals surface area contributed by atoms with Crippen LogP contribution in [0.3, 0.4) is 0 Å². The van der Waals surface area contributed by atoms with E-state index < -0.39 is 11.8 Å². The molecule has 0 saturated heterocycles. The zero-order valence-electron chi connectivity index (χ0n) is 8.59. The standard InChI is InChI=1S/C11H9BrFNO2/c1-2-16-11(15)7-3-8(6-14)9(5-12)10(13)4-7/h3-4H,2,5H2,1H3. The number of halogens is 2. The van der Waals surface area contributed by atoms with E-state index in [4.69, 9.17) is 10.00 Å². The van der Waals surface area contributed by atoms with E-state index in [0.29, 0.717) is 0 Å². The highest BCUT2D eigenvalue weighted by Gasteiger charge is 2.14. The van der Waals surface area contributed by atoms with Crippen LogP contribution in [0.2, 0.25) is 0 Å². The number of benzene rings is 1. The average Bonchev–Trinajstić information content (AvgIpc) is 2.28. The van der Waals surface area contributed by atoms with Crippen molar-refractivity contribution in [3.05, 3.63) is 34.6 Å². The molecule has 0 aliphatic rings. The lowest BCUT2D eigenvalue weighted by atomic mass is 10.1. The van der Waals surface area contributed by atoms with Gasteiger partial charge in [0.15, 0.2) is 0 Å². The Balaban J connectivity index is 3.21. The lowest BCUT2D eigenvalue weighted by Crippen LogP contribution is -2.07. The van der Waals surface area contributed by atoms with Crippen LogP contribution in [0.1, 0.15) is 28.4 Å². The number of hydrogen-bond acceptors (Lipinski definition) is 3. The van der Waals surface area contributed by atoms with Gasteiger partial charge in [-0.05, 0) is 19.1 Å². The third-order valence-electron chi connectivity index (χ3n) is 1.96. The molecule has 0 spiro atoms. The van der Waals surface area contributed by atoms with Crippen LogP contribution in [-0.4, -0.2) is 12.6 Å². The molecule has 1 aromatic carbocycles. The van der Waals surface area contributed by atoms with Gasteiger partial charge in [0, 0.05) is 10.9 Å². The van der Waals surface area contributed by atoms with Gasteiger partial charge in [0.25, 0.3) is 0 Å². The van der Waals surface area contributed by atoms with E-state index in [0.717, 1.165) is 6.07 Å². The van der Waals surface area contributed by atoms with Gasteiger partial charge >= 0.3 is 5.97 Å². The Morgan fingerprint density at radius 3 is 2.81 bits per heavy atom. The molecule has 0 aliphatic heterocycles. The lowest BCUT2D eigenvalue weighted by molar-refractivity contribution is 0.0525. The van der Waals surface area contributed by atoms with Gasteiger partial charge in [0.2, 0.25) is 0 Å². The predicted octanol–water partition coefficient (Wildman–Crippen LogP) is 2.77.